The average molecular weight is 369 g/mol. The Kier molecular flexibility index (Phi) is 5.41. The topological polar surface area (TPSA) is 28.7 Å². The van der Waals surface area contributed by atoms with Crippen LogP contribution >= 0.6 is 39.9 Å². The van der Waals surface area contributed by atoms with E-state index in [1.54, 1.807) is 11.8 Å². The van der Waals surface area contributed by atoms with Crippen molar-refractivity contribution >= 4 is 39.9 Å². The first-order valence-electron chi connectivity index (χ1n) is 6.46. The molecule has 20 heavy (non-hydrogen) atoms. The number of benzene rings is 1. The third kappa shape index (κ3) is 3.71. The zero-order valence-electron chi connectivity index (χ0n) is 11.7. The molecule has 0 amide bonds. The van der Waals surface area contributed by atoms with E-state index in [4.69, 9.17) is 12.2 Å². The average Bonchev–Trinajstić information content (AvgIpc) is 2.41. The van der Waals surface area contributed by atoms with Crippen LogP contribution in [0.3, 0.4) is 0 Å². The molecule has 2 aromatic rings. The fourth-order valence-corrected chi connectivity index (χ4v) is 3.62. The molecule has 1 N–H and O–H groups in total. The summed E-state index contributed by atoms with van der Waals surface area (Å²) in [6, 6.07) is 8.38. The lowest BCUT2D eigenvalue weighted by molar-refractivity contribution is 0.788. The van der Waals surface area contributed by atoms with Gasteiger partial charge in [-0.1, -0.05) is 44.3 Å². The zero-order valence-corrected chi connectivity index (χ0v) is 15.0. The van der Waals surface area contributed by atoms with Gasteiger partial charge in [0.1, 0.15) is 10.5 Å². The van der Waals surface area contributed by atoms with Gasteiger partial charge in [0.15, 0.2) is 0 Å². The molecule has 0 saturated carbocycles. The molecule has 5 heteroatoms. The van der Waals surface area contributed by atoms with Crippen LogP contribution in [0.2, 0.25) is 0 Å². The number of hydrogen-bond donors (Lipinski definition) is 1. The van der Waals surface area contributed by atoms with Gasteiger partial charge in [0.05, 0.1) is 10.2 Å². The predicted molar refractivity (Wildman–Crippen MR) is 92.0 cm³/mol. The van der Waals surface area contributed by atoms with E-state index in [2.05, 4.69) is 70.9 Å². The quantitative estimate of drug-likeness (QED) is 0.560. The van der Waals surface area contributed by atoms with Crippen LogP contribution in [0, 0.1) is 11.6 Å². The molecule has 0 fully saturated rings. The van der Waals surface area contributed by atoms with E-state index < -0.39 is 0 Å². The summed E-state index contributed by atoms with van der Waals surface area (Å²) < 4.78 is 1.54. The highest BCUT2D eigenvalue weighted by atomic mass is 79.9. The maximum atomic E-state index is 5.32. The van der Waals surface area contributed by atoms with E-state index in [0.29, 0.717) is 10.6 Å². The Bertz CT molecular complexity index is 665. The van der Waals surface area contributed by atoms with Gasteiger partial charge < -0.3 is 4.98 Å². The molecule has 0 aliphatic rings. The molecule has 0 radical (unpaired) electrons. The minimum Gasteiger partial charge on any atom is -0.345 e. The van der Waals surface area contributed by atoms with Crippen LogP contribution in [0.5, 0.6) is 0 Å². The van der Waals surface area contributed by atoms with Gasteiger partial charge >= 0.3 is 0 Å². The lowest BCUT2D eigenvalue weighted by Gasteiger charge is -2.11. The molecular weight excluding hydrogens is 352 g/mol. The van der Waals surface area contributed by atoms with Gasteiger partial charge in [0.2, 0.25) is 0 Å². The fourth-order valence-electron chi connectivity index (χ4n) is 1.86. The van der Waals surface area contributed by atoms with Gasteiger partial charge in [-0.15, -0.1) is 11.8 Å². The molecule has 1 aromatic carbocycles. The SMILES string of the molecule is Cc1ccccc1SCc1nc(=S)c(Br)c(C(C)C)[nH]1. The molecule has 2 nitrogen and oxygen atoms in total. The van der Waals surface area contributed by atoms with Crippen LogP contribution in [-0.2, 0) is 5.75 Å². The Morgan fingerprint density at radius 2 is 2.05 bits per heavy atom. The van der Waals surface area contributed by atoms with Crippen LogP contribution in [0.15, 0.2) is 33.6 Å². The molecular formula is C15H17BrN2S2. The number of H-pyrrole nitrogens is 1. The van der Waals surface area contributed by atoms with Crippen LogP contribution in [0.25, 0.3) is 0 Å². The maximum absolute atomic E-state index is 5.32. The van der Waals surface area contributed by atoms with Crippen molar-refractivity contribution in [3.8, 4) is 0 Å². The number of halogens is 1. The third-order valence-electron chi connectivity index (χ3n) is 2.98. The van der Waals surface area contributed by atoms with E-state index in [-0.39, 0.29) is 0 Å². The summed E-state index contributed by atoms with van der Waals surface area (Å²) in [6.07, 6.45) is 0. The van der Waals surface area contributed by atoms with Crippen molar-refractivity contribution < 1.29 is 0 Å². The summed E-state index contributed by atoms with van der Waals surface area (Å²) in [7, 11) is 0. The van der Waals surface area contributed by atoms with E-state index >= 15 is 0 Å². The summed E-state index contributed by atoms with van der Waals surface area (Å²) >= 11 is 10.6. The zero-order chi connectivity index (χ0) is 14.7. The highest BCUT2D eigenvalue weighted by Gasteiger charge is 2.10. The third-order valence-corrected chi connectivity index (χ3v) is 5.52. The van der Waals surface area contributed by atoms with Gasteiger partial charge in [-0.2, -0.15) is 0 Å². The normalized spacial score (nSPS) is 11.1. The second kappa shape index (κ2) is 6.87. The Balaban J connectivity index is 2.23. The first-order chi connectivity index (χ1) is 9.49. The van der Waals surface area contributed by atoms with E-state index in [1.165, 1.54) is 10.5 Å². The lowest BCUT2D eigenvalue weighted by atomic mass is 10.1. The van der Waals surface area contributed by atoms with E-state index in [9.17, 15) is 0 Å². The molecule has 2 rings (SSSR count). The minimum absolute atomic E-state index is 0.385. The maximum Gasteiger partial charge on any atom is 0.144 e. The van der Waals surface area contributed by atoms with Crippen LogP contribution in [-0.4, -0.2) is 9.97 Å². The Labute approximate surface area is 137 Å². The molecule has 0 aliphatic carbocycles. The molecule has 0 aliphatic heterocycles. The van der Waals surface area contributed by atoms with Gasteiger partial charge in [0.25, 0.3) is 0 Å². The molecule has 0 unspecified atom stereocenters. The second-order valence-corrected chi connectivity index (χ2v) is 7.12. The number of rotatable bonds is 4. The van der Waals surface area contributed by atoms with Crippen molar-refractivity contribution in [2.45, 2.75) is 37.3 Å². The van der Waals surface area contributed by atoms with Crippen molar-refractivity contribution in [1.29, 1.82) is 0 Å². The number of thioether (sulfide) groups is 1. The molecule has 0 saturated heterocycles. The smallest absolute Gasteiger partial charge is 0.144 e. The molecule has 0 atom stereocenters. The van der Waals surface area contributed by atoms with Gasteiger partial charge in [-0.25, -0.2) is 4.98 Å². The number of hydrogen-bond acceptors (Lipinski definition) is 3. The summed E-state index contributed by atoms with van der Waals surface area (Å²) in [5.41, 5.74) is 2.41. The largest absolute Gasteiger partial charge is 0.345 e. The summed E-state index contributed by atoms with van der Waals surface area (Å²) in [6.45, 7) is 6.41. The number of nitrogens with one attached hydrogen (secondary N) is 1. The van der Waals surface area contributed by atoms with Gasteiger partial charge in [-0.3, -0.25) is 0 Å². The predicted octanol–water partition coefficient (Wildman–Crippen LogP) is 5.63. The van der Waals surface area contributed by atoms with Crippen molar-refractivity contribution in [2.24, 2.45) is 0 Å². The highest BCUT2D eigenvalue weighted by Crippen LogP contribution is 2.27. The van der Waals surface area contributed by atoms with Crippen LogP contribution in [0.4, 0.5) is 0 Å². The van der Waals surface area contributed by atoms with Crippen LogP contribution < -0.4 is 0 Å². The molecule has 106 valence electrons. The minimum atomic E-state index is 0.385. The Morgan fingerprint density at radius 3 is 2.70 bits per heavy atom. The number of aromatic amines is 1. The van der Waals surface area contributed by atoms with Crippen molar-refractivity contribution in [1.82, 2.24) is 9.97 Å². The van der Waals surface area contributed by atoms with Gasteiger partial charge in [0, 0.05) is 10.6 Å². The van der Waals surface area contributed by atoms with Crippen molar-refractivity contribution in [3.05, 3.63) is 50.5 Å². The van der Waals surface area contributed by atoms with E-state index in [0.717, 1.165) is 21.7 Å². The van der Waals surface area contributed by atoms with Crippen LogP contribution in [0.1, 0.15) is 36.8 Å². The second-order valence-electron chi connectivity index (χ2n) is 4.93. The van der Waals surface area contributed by atoms with Crippen molar-refractivity contribution in [3.63, 3.8) is 0 Å². The molecule has 1 aromatic heterocycles. The van der Waals surface area contributed by atoms with Crippen molar-refractivity contribution in [2.75, 3.05) is 0 Å². The Morgan fingerprint density at radius 1 is 1.35 bits per heavy atom. The monoisotopic (exact) mass is 368 g/mol. The lowest BCUT2D eigenvalue weighted by Crippen LogP contribution is -2.02. The molecule has 0 spiro atoms. The summed E-state index contributed by atoms with van der Waals surface area (Å²) in [5, 5.41) is 0. The van der Waals surface area contributed by atoms with E-state index in [1.807, 2.05) is 0 Å². The first kappa shape index (κ1) is 15.7. The Hall–Kier alpha value is -0.650. The number of nitrogens with zero attached hydrogens (tertiary/aromatic N) is 1. The summed E-state index contributed by atoms with van der Waals surface area (Å²) in [4.78, 5) is 9.13. The summed E-state index contributed by atoms with van der Waals surface area (Å²) in [5.74, 6) is 2.10. The standard InChI is InChI=1S/C15H17BrN2S2/c1-9(2)14-13(16)15(19)18-12(17-14)8-20-11-7-5-4-6-10(11)3/h4-7,9H,8H2,1-3H3,(H,17,18,19). The molecule has 1 heterocycles. The van der Waals surface area contributed by atoms with Gasteiger partial charge in [-0.05, 0) is 40.4 Å². The highest BCUT2D eigenvalue weighted by molar-refractivity contribution is 9.10. The number of aromatic nitrogens is 2. The first-order valence-corrected chi connectivity index (χ1v) is 8.64. The number of aryl methyl sites for hydroxylation is 1. The molecule has 0 bridgehead atoms. The fraction of sp³-hybridized carbons (Fsp3) is 0.333.